The number of esters is 1. The molecule has 0 unspecified atom stereocenters. The van der Waals surface area contributed by atoms with Crippen molar-refractivity contribution in [3.63, 3.8) is 0 Å². The molecule has 1 aliphatic heterocycles. The maximum atomic E-state index is 11.9. The summed E-state index contributed by atoms with van der Waals surface area (Å²) in [6.07, 6.45) is 1.30. The lowest BCUT2D eigenvalue weighted by molar-refractivity contribution is -0.136. The number of rotatable bonds is 6. The van der Waals surface area contributed by atoms with Gasteiger partial charge >= 0.3 is 5.97 Å². The molecule has 2 aliphatic rings. The van der Waals surface area contributed by atoms with Crippen molar-refractivity contribution in [2.24, 2.45) is 16.6 Å². The summed E-state index contributed by atoms with van der Waals surface area (Å²) in [4.78, 5) is 16.0. The summed E-state index contributed by atoms with van der Waals surface area (Å²) < 4.78 is 9.80. The van der Waals surface area contributed by atoms with Crippen LogP contribution in [0.4, 0.5) is 0 Å². The molecule has 22 heavy (non-hydrogen) atoms. The zero-order valence-corrected chi connectivity index (χ0v) is 13.1. The number of carbonyl (C=O) groups excluding carboxylic acids is 1. The van der Waals surface area contributed by atoms with Gasteiger partial charge < -0.3 is 25.6 Å². The number of carbonyl (C=O) groups is 1. The van der Waals surface area contributed by atoms with E-state index in [-0.39, 0.29) is 29.8 Å². The van der Waals surface area contributed by atoms with Gasteiger partial charge in [0.15, 0.2) is 0 Å². The van der Waals surface area contributed by atoms with E-state index in [0.717, 1.165) is 12.8 Å². The molecule has 0 amide bonds. The van der Waals surface area contributed by atoms with E-state index in [1.165, 1.54) is 7.11 Å². The molecule has 2 fully saturated rings. The van der Waals surface area contributed by atoms with Gasteiger partial charge in [0.05, 0.1) is 20.3 Å². The van der Waals surface area contributed by atoms with Gasteiger partial charge in [-0.15, -0.1) is 0 Å². The Hall–Kier alpha value is -1.57. The van der Waals surface area contributed by atoms with E-state index >= 15 is 0 Å². The summed E-state index contributed by atoms with van der Waals surface area (Å²) in [5.41, 5.74) is 6.52. The number of nitrogens with zero attached hydrogens (tertiary/aromatic N) is 1. The second kappa shape index (κ2) is 7.13. The summed E-state index contributed by atoms with van der Waals surface area (Å²) in [5, 5.41) is 12.5. The van der Waals surface area contributed by atoms with E-state index in [2.05, 4.69) is 16.9 Å². The lowest BCUT2D eigenvalue weighted by Gasteiger charge is -2.14. The second-order valence-electron chi connectivity index (χ2n) is 5.29. The Balaban J connectivity index is 2.20. The average molecular weight is 330 g/mol. The van der Waals surface area contributed by atoms with Crippen LogP contribution in [0.25, 0.3) is 0 Å². The van der Waals surface area contributed by atoms with Crippen molar-refractivity contribution < 1.29 is 19.4 Å². The number of nitrogens with one attached hydrogen (secondary N) is 1. The highest BCUT2D eigenvalue weighted by Crippen LogP contribution is 2.34. The number of methoxy groups -OCH3 is 1. The van der Waals surface area contributed by atoms with Gasteiger partial charge in [0.2, 0.25) is 0 Å². The predicted octanol–water partition coefficient (Wildman–Crippen LogP) is 0.240. The molecule has 0 radical (unpaired) electrons. The van der Waals surface area contributed by atoms with Crippen molar-refractivity contribution in [2.45, 2.75) is 25.0 Å². The van der Waals surface area contributed by atoms with Gasteiger partial charge in [0.1, 0.15) is 28.7 Å². The molecule has 1 heterocycles. The maximum Gasteiger partial charge on any atom is 0.356 e. The topological polar surface area (TPSA) is 106 Å². The van der Waals surface area contributed by atoms with Crippen LogP contribution in [0, 0.1) is 5.92 Å². The Labute approximate surface area is 133 Å². The number of hydrogen-bond acceptors (Lipinski definition) is 6. The summed E-state index contributed by atoms with van der Waals surface area (Å²) in [7, 11) is 1.25. The first-order chi connectivity index (χ1) is 10.4. The molecule has 2 rings (SSSR count). The van der Waals surface area contributed by atoms with Crippen LogP contribution in [0.5, 0.6) is 0 Å². The van der Waals surface area contributed by atoms with Crippen LogP contribution < -0.4 is 11.1 Å². The fourth-order valence-electron chi connectivity index (χ4n) is 2.01. The quantitative estimate of drug-likeness (QED) is 0.279. The smallest absolute Gasteiger partial charge is 0.356 e. The van der Waals surface area contributed by atoms with Crippen LogP contribution in [0.3, 0.4) is 0 Å². The van der Waals surface area contributed by atoms with E-state index in [9.17, 15) is 9.90 Å². The first-order valence-electron chi connectivity index (χ1n) is 6.97. The van der Waals surface area contributed by atoms with Gasteiger partial charge in [-0.1, -0.05) is 18.2 Å². The molecular weight excluding hydrogens is 310 g/mol. The van der Waals surface area contributed by atoms with Crippen LogP contribution in [-0.2, 0) is 14.3 Å². The Morgan fingerprint density at radius 1 is 1.50 bits per heavy atom. The molecule has 2 atom stereocenters. The van der Waals surface area contributed by atoms with Gasteiger partial charge in [-0.05, 0) is 18.8 Å². The Morgan fingerprint density at radius 2 is 2.18 bits per heavy atom. The van der Waals surface area contributed by atoms with Crippen molar-refractivity contribution in [1.29, 1.82) is 0 Å². The van der Waals surface area contributed by atoms with E-state index in [1.807, 2.05) is 0 Å². The Bertz CT molecular complexity index is 528. The van der Waals surface area contributed by atoms with Crippen LogP contribution in [0.2, 0.25) is 0 Å². The number of aliphatic imine (C=N–C) groups is 1. The minimum Gasteiger partial charge on any atom is -0.464 e. The zero-order chi connectivity index (χ0) is 16.3. The van der Waals surface area contributed by atoms with E-state index in [4.69, 9.17) is 26.8 Å². The van der Waals surface area contributed by atoms with Gasteiger partial charge in [0, 0.05) is 5.70 Å². The normalized spacial score (nSPS) is 26.4. The van der Waals surface area contributed by atoms with Gasteiger partial charge in [-0.3, -0.25) is 4.99 Å². The number of allylic oxidation sites excluding steroid dienone is 1. The van der Waals surface area contributed by atoms with Crippen LogP contribution in [0.1, 0.15) is 12.8 Å². The number of aliphatic hydroxyl groups excluding tert-OH is 1. The fraction of sp³-hybridized carbons (Fsp3) is 0.571. The molecule has 1 saturated carbocycles. The molecule has 122 valence electrons. The molecule has 0 spiro atoms. The van der Waals surface area contributed by atoms with Gasteiger partial charge in [-0.2, -0.15) is 0 Å². The third-order valence-corrected chi connectivity index (χ3v) is 3.90. The molecular formula is C14H20ClN3O4. The van der Waals surface area contributed by atoms with Crippen LogP contribution in [0.15, 0.2) is 28.0 Å². The fourth-order valence-corrected chi connectivity index (χ4v) is 2.18. The van der Waals surface area contributed by atoms with E-state index in [0.29, 0.717) is 11.6 Å². The Kier molecular flexibility index (Phi) is 5.44. The SMILES string of the molecule is C=C(NC(C(=O)OC)=C(Cl)C(N)=N[C@H]1COC[C@H]1O)C1CC1. The standard InChI is InChI=1S/C14H20ClN3O4/c1-7(8-3-4-8)17-12(14(20)21-2)11(15)13(16)18-9-5-22-6-10(9)19/h8-10,17,19H,1,3-6H2,2H3,(H2,16,18)/t9-,10+/m0/s1. The molecule has 1 saturated heterocycles. The lowest BCUT2D eigenvalue weighted by Crippen LogP contribution is -2.29. The molecule has 8 heteroatoms. The minimum atomic E-state index is -0.737. The highest BCUT2D eigenvalue weighted by atomic mass is 35.5. The highest BCUT2D eigenvalue weighted by molar-refractivity contribution is 6.44. The highest BCUT2D eigenvalue weighted by Gasteiger charge is 2.29. The first kappa shape index (κ1) is 16.8. The summed E-state index contributed by atoms with van der Waals surface area (Å²) >= 11 is 6.16. The van der Waals surface area contributed by atoms with Crippen LogP contribution >= 0.6 is 11.6 Å². The number of ether oxygens (including phenoxy) is 2. The number of amidine groups is 1. The minimum absolute atomic E-state index is 0.00396. The van der Waals surface area contributed by atoms with Gasteiger partial charge in [0.25, 0.3) is 0 Å². The van der Waals surface area contributed by atoms with Crippen molar-refractivity contribution >= 4 is 23.4 Å². The number of hydrogen-bond donors (Lipinski definition) is 3. The van der Waals surface area contributed by atoms with Crippen molar-refractivity contribution in [3.05, 3.63) is 23.0 Å². The number of nitrogens with two attached hydrogens (primary N) is 1. The molecule has 0 aromatic rings. The molecule has 0 aromatic heterocycles. The number of aliphatic hydroxyl groups is 1. The van der Waals surface area contributed by atoms with Gasteiger partial charge in [-0.25, -0.2) is 4.79 Å². The summed E-state index contributed by atoms with van der Waals surface area (Å²) in [6.45, 7) is 4.33. The lowest BCUT2D eigenvalue weighted by atomic mass is 10.2. The summed E-state index contributed by atoms with van der Waals surface area (Å²) in [5.74, 6) is -0.395. The molecule has 7 nitrogen and oxygen atoms in total. The van der Waals surface area contributed by atoms with E-state index < -0.39 is 18.1 Å². The Morgan fingerprint density at radius 3 is 2.68 bits per heavy atom. The zero-order valence-electron chi connectivity index (χ0n) is 12.3. The predicted molar refractivity (Wildman–Crippen MR) is 82.1 cm³/mol. The average Bonchev–Trinajstić information content (AvgIpc) is 3.28. The number of halogens is 1. The second-order valence-corrected chi connectivity index (χ2v) is 5.67. The molecule has 0 aromatic carbocycles. The monoisotopic (exact) mass is 329 g/mol. The maximum absolute atomic E-state index is 11.9. The van der Waals surface area contributed by atoms with E-state index in [1.54, 1.807) is 0 Å². The summed E-state index contributed by atoms with van der Waals surface area (Å²) in [6, 6.07) is -0.501. The van der Waals surface area contributed by atoms with Crippen molar-refractivity contribution in [3.8, 4) is 0 Å². The third-order valence-electron chi connectivity index (χ3n) is 3.52. The van der Waals surface area contributed by atoms with Crippen molar-refractivity contribution in [2.75, 3.05) is 20.3 Å². The molecule has 4 N–H and O–H groups in total. The van der Waals surface area contributed by atoms with Crippen molar-refractivity contribution in [1.82, 2.24) is 5.32 Å². The largest absolute Gasteiger partial charge is 0.464 e. The van der Waals surface area contributed by atoms with Crippen LogP contribution in [-0.4, -0.2) is 49.4 Å². The first-order valence-corrected chi connectivity index (χ1v) is 7.35. The molecule has 0 bridgehead atoms. The molecule has 1 aliphatic carbocycles. The third kappa shape index (κ3) is 4.00.